The summed E-state index contributed by atoms with van der Waals surface area (Å²) in [7, 11) is 0. The molecular formula is C9H12N. The molecule has 1 heterocycles. The maximum Gasteiger partial charge on any atom is 0.0463 e. The van der Waals surface area contributed by atoms with Crippen LogP contribution in [0.2, 0.25) is 0 Å². The number of hydrogen-bond acceptors (Lipinski definition) is 1. The highest BCUT2D eigenvalue weighted by atomic mass is 14.7. The average molecular weight is 134 g/mol. The number of aromatic nitrogens is 1. The van der Waals surface area contributed by atoms with Crippen molar-refractivity contribution in [2.75, 3.05) is 0 Å². The van der Waals surface area contributed by atoms with Crippen molar-refractivity contribution >= 4 is 0 Å². The van der Waals surface area contributed by atoms with Crippen LogP contribution in [0, 0.1) is 6.07 Å². The lowest BCUT2D eigenvalue weighted by molar-refractivity contribution is 0.569. The molecule has 0 aliphatic carbocycles. The molecule has 1 rings (SSSR count). The van der Waals surface area contributed by atoms with E-state index in [2.05, 4.69) is 31.8 Å². The fourth-order valence-electron chi connectivity index (χ4n) is 0.735. The topological polar surface area (TPSA) is 12.9 Å². The van der Waals surface area contributed by atoms with E-state index in [9.17, 15) is 0 Å². The first-order chi connectivity index (χ1) is 4.61. The van der Waals surface area contributed by atoms with Gasteiger partial charge in [-0.15, -0.1) is 0 Å². The fraction of sp³-hybridized carbons (Fsp3) is 0.444. The molecule has 53 valence electrons. The minimum Gasteiger partial charge on any atom is -0.261 e. The van der Waals surface area contributed by atoms with Gasteiger partial charge in [0.15, 0.2) is 0 Å². The summed E-state index contributed by atoms with van der Waals surface area (Å²) in [4.78, 5) is 4.22. The third-order valence-electron chi connectivity index (χ3n) is 1.37. The van der Waals surface area contributed by atoms with Gasteiger partial charge in [0.05, 0.1) is 0 Å². The number of rotatable bonds is 0. The van der Waals surface area contributed by atoms with Gasteiger partial charge in [0.25, 0.3) is 0 Å². The number of pyridine rings is 1. The minimum absolute atomic E-state index is 0.151. The van der Waals surface area contributed by atoms with Gasteiger partial charge >= 0.3 is 0 Å². The number of hydrogen-bond donors (Lipinski definition) is 0. The van der Waals surface area contributed by atoms with Crippen LogP contribution in [0.3, 0.4) is 0 Å². The highest BCUT2D eigenvalue weighted by Crippen LogP contribution is 2.18. The first-order valence-corrected chi connectivity index (χ1v) is 3.43. The smallest absolute Gasteiger partial charge is 0.0463 e. The maximum absolute atomic E-state index is 4.22. The van der Waals surface area contributed by atoms with E-state index in [0.29, 0.717) is 0 Å². The highest BCUT2D eigenvalue weighted by molar-refractivity contribution is 5.11. The van der Waals surface area contributed by atoms with Crippen LogP contribution in [-0.4, -0.2) is 4.98 Å². The van der Waals surface area contributed by atoms with Crippen LogP contribution in [0.4, 0.5) is 0 Å². The van der Waals surface area contributed by atoms with Gasteiger partial charge in [-0.3, -0.25) is 4.98 Å². The third kappa shape index (κ3) is 1.56. The van der Waals surface area contributed by atoms with Crippen molar-refractivity contribution in [3.8, 4) is 0 Å². The zero-order valence-electron chi connectivity index (χ0n) is 6.68. The SMILES string of the molecule is CC(C)(C)c1c[c]ccn1. The van der Waals surface area contributed by atoms with Crippen LogP contribution in [0.1, 0.15) is 26.5 Å². The van der Waals surface area contributed by atoms with E-state index in [4.69, 9.17) is 0 Å². The van der Waals surface area contributed by atoms with Crippen LogP contribution in [0.25, 0.3) is 0 Å². The average Bonchev–Trinajstić information content (AvgIpc) is 1.88. The summed E-state index contributed by atoms with van der Waals surface area (Å²) in [6, 6.07) is 6.75. The van der Waals surface area contributed by atoms with Crippen molar-refractivity contribution in [3.05, 3.63) is 30.1 Å². The first kappa shape index (κ1) is 7.26. The Balaban J connectivity index is 2.97. The highest BCUT2D eigenvalue weighted by Gasteiger charge is 2.13. The standard InChI is InChI=1S/C9H12N/c1-9(2,3)8-6-4-5-7-10-8/h5-7H,1-3H3. The Bertz CT molecular complexity index is 196. The zero-order chi connectivity index (χ0) is 7.61. The van der Waals surface area contributed by atoms with Crippen molar-refractivity contribution in [2.24, 2.45) is 0 Å². The van der Waals surface area contributed by atoms with E-state index in [1.165, 1.54) is 0 Å². The van der Waals surface area contributed by atoms with Crippen molar-refractivity contribution in [2.45, 2.75) is 26.2 Å². The van der Waals surface area contributed by atoms with Gasteiger partial charge in [-0.05, 0) is 18.2 Å². The summed E-state index contributed by atoms with van der Waals surface area (Å²) in [6.45, 7) is 6.43. The Morgan fingerprint density at radius 2 is 2.10 bits per heavy atom. The van der Waals surface area contributed by atoms with E-state index < -0.39 is 0 Å². The van der Waals surface area contributed by atoms with Gasteiger partial charge in [-0.25, -0.2) is 0 Å². The van der Waals surface area contributed by atoms with Crippen LogP contribution in [0.5, 0.6) is 0 Å². The summed E-state index contributed by atoms with van der Waals surface area (Å²) in [5, 5.41) is 0. The Labute approximate surface area is 62.1 Å². The molecular weight excluding hydrogens is 122 g/mol. The van der Waals surface area contributed by atoms with Gasteiger partial charge < -0.3 is 0 Å². The van der Waals surface area contributed by atoms with Gasteiger partial charge in [-0.2, -0.15) is 0 Å². The fourth-order valence-corrected chi connectivity index (χ4v) is 0.735. The van der Waals surface area contributed by atoms with Crippen molar-refractivity contribution in [1.82, 2.24) is 4.98 Å². The van der Waals surface area contributed by atoms with E-state index in [0.717, 1.165) is 5.69 Å². The molecule has 0 saturated carbocycles. The summed E-state index contributed by atoms with van der Waals surface area (Å²) in [6.07, 6.45) is 1.78. The van der Waals surface area contributed by atoms with Crippen molar-refractivity contribution in [1.29, 1.82) is 0 Å². The second kappa shape index (κ2) is 2.41. The molecule has 0 spiro atoms. The zero-order valence-corrected chi connectivity index (χ0v) is 6.68. The minimum atomic E-state index is 0.151. The summed E-state index contributed by atoms with van der Waals surface area (Å²) >= 11 is 0. The molecule has 1 nitrogen and oxygen atoms in total. The Morgan fingerprint density at radius 1 is 1.40 bits per heavy atom. The second-order valence-corrected chi connectivity index (χ2v) is 3.39. The molecule has 0 amide bonds. The van der Waals surface area contributed by atoms with E-state index in [1.54, 1.807) is 6.20 Å². The van der Waals surface area contributed by atoms with Gasteiger partial charge in [0.2, 0.25) is 0 Å². The Morgan fingerprint density at radius 3 is 2.40 bits per heavy atom. The van der Waals surface area contributed by atoms with Crippen molar-refractivity contribution < 1.29 is 0 Å². The predicted molar refractivity (Wildman–Crippen MR) is 41.8 cm³/mol. The first-order valence-electron chi connectivity index (χ1n) is 3.43. The third-order valence-corrected chi connectivity index (χ3v) is 1.37. The molecule has 0 atom stereocenters. The quantitative estimate of drug-likeness (QED) is 0.530. The van der Waals surface area contributed by atoms with Gasteiger partial charge in [0, 0.05) is 17.3 Å². The van der Waals surface area contributed by atoms with Gasteiger partial charge in [-0.1, -0.05) is 20.8 Å². The normalized spacial score (nSPS) is 11.5. The van der Waals surface area contributed by atoms with Crippen LogP contribution >= 0.6 is 0 Å². The lowest BCUT2D eigenvalue weighted by Gasteiger charge is -2.16. The summed E-state index contributed by atoms with van der Waals surface area (Å²) in [5.74, 6) is 0. The van der Waals surface area contributed by atoms with Crippen LogP contribution in [0.15, 0.2) is 18.3 Å². The summed E-state index contributed by atoms with van der Waals surface area (Å²) < 4.78 is 0. The van der Waals surface area contributed by atoms with Gasteiger partial charge in [0.1, 0.15) is 0 Å². The molecule has 1 aromatic rings. The second-order valence-electron chi connectivity index (χ2n) is 3.39. The largest absolute Gasteiger partial charge is 0.261 e. The lowest BCUT2D eigenvalue weighted by atomic mass is 9.92. The molecule has 0 saturated heterocycles. The molecule has 0 aliphatic heterocycles. The van der Waals surface area contributed by atoms with Crippen LogP contribution < -0.4 is 0 Å². The molecule has 10 heavy (non-hydrogen) atoms. The number of nitrogens with zero attached hydrogens (tertiary/aromatic N) is 1. The predicted octanol–water partition coefficient (Wildman–Crippen LogP) is 2.18. The molecule has 1 heteroatoms. The van der Waals surface area contributed by atoms with Crippen LogP contribution in [-0.2, 0) is 5.41 Å². The van der Waals surface area contributed by atoms with E-state index in [-0.39, 0.29) is 5.41 Å². The molecule has 1 radical (unpaired) electrons. The Hall–Kier alpha value is -0.850. The molecule has 1 aromatic heterocycles. The monoisotopic (exact) mass is 134 g/mol. The molecule has 0 unspecified atom stereocenters. The molecule has 0 N–H and O–H groups in total. The molecule has 0 aromatic carbocycles. The summed E-state index contributed by atoms with van der Waals surface area (Å²) in [5.41, 5.74) is 1.24. The van der Waals surface area contributed by atoms with Crippen molar-refractivity contribution in [3.63, 3.8) is 0 Å². The molecule has 0 fully saturated rings. The lowest BCUT2D eigenvalue weighted by Crippen LogP contribution is -2.12. The molecule has 0 aliphatic rings. The van der Waals surface area contributed by atoms with E-state index >= 15 is 0 Å². The van der Waals surface area contributed by atoms with E-state index in [1.807, 2.05) is 12.1 Å². The maximum atomic E-state index is 4.22. The Kier molecular flexibility index (Phi) is 1.75. The molecule has 0 bridgehead atoms.